The van der Waals surface area contributed by atoms with Crippen LogP contribution in [0.15, 0.2) is 17.5 Å². The van der Waals surface area contributed by atoms with Crippen molar-refractivity contribution in [1.29, 1.82) is 0 Å². The zero-order chi connectivity index (χ0) is 13.7. The summed E-state index contributed by atoms with van der Waals surface area (Å²) in [7, 11) is 4.11. The van der Waals surface area contributed by atoms with Crippen molar-refractivity contribution in [1.82, 2.24) is 15.5 Å². The first-order valence-electron chi connectivity index (χ1n) is 6.86. The molecular weight excluding hydrogens is 258 g/mol. The summed E-state index contributed by atoms with van der Waals surface area (Å²) in [5.74, 6) is 0.329. The molecule has 1 unspecified atom stereocenters. The van der Waals surface area contributed by atoms with E-state index in [4.69, 9.17) is 0 Å². The van der Waals surface area contributed by atoms with Crippen molar-refractivity contribution in [2.75, 3.05) is 33.7 Å². The van der Waals surface area contributed by atoms with Crippen LogP contribution in [0.25, 0.3) is 0 Å². The molecule has 0 aliphatic carbocycles. The van der Waals surface area contributed by atoms with Crippen LogP contribution < -0.4 is 10.6 Å². The van der Waals surface area contributed by atoms with Crippen LogP contribution in [0.4, 0.5) is 0 Å². The molecule has 106 valence electrons. The summed E-state index contributed by atoms with van der Waals surface area (Å²) in [4.78, 5) is 15.6. The van der Waals surface area contributed by atoms with Gasteiger partial charge in [0.1, 0.15) is 0 Å². The molecule has 0 spiro atoms. The lowest BCUT2D eigenvalue weighted by atomic mass is 9.99. The summed E-state index contributed by atoms with van der Waals surface area (Å²) >= 11 is 1.74. The van der Waals surface area contributed by atoms with Crippen molar-refractivity contribution in [3.05, 3.63) is 22.4 Å². The minimum Gasteiger partial charge on any atom is -0.354 e. The van der Waals surface area contributed by atoms with Gasteiger partial charge >= 0.3 is 0 Å². The van der Waals surface area contributed by atoms with Gasteiger partial charge in [-0.2, -0.15) is 0 Å². The molecule has 2 rings (SSSR count). The second-order valence-corrected chi connectivity index (χ2v) is 6.26. The Balaban J connectivity index is 1.86. The molecule has 0 saturated carbocycles. The number of thiophene rings is 1. The predicted octanol–water partition coefficient (Wildman–Crippen LogP) is 1.47. The highest BCUT2D eigenvalue weighted by Gasteiger charge is 2.22. The van der Waals surface area contributed by atoms with E-state index in [0.717, 1.165) is 25.9 Å². The van der Waals surface area contributed by atoms with E-state index < -0.39 is 0 Å². The molecule has 1 amide bonds. The van der Waals surface area contributed by atoms with Gasteiger partial charge in [0, 0.05) is 18.0 Å². The maximum atomic E-state index is 12.1. The van der Waals surface area contributed by atoms with Gasteiger partial charge in [-0.25, -0.2) is 0 Å². The molecule has 19 heavy (non-hydrogen) atoms. The van der Waals surface area contributed by atoms with Gasteiger partial charge in [-0.05, 0) is 44.9 Å². The topological polar surface area (TPSA) is 44.4 Å². The van der Waals surface area contributed by atoms with Crippen LogP contribution in [0.3, 0.4) is 0 Å². The Kier molecular flexibility index (Phi) is 5.36. The number of likely N-dealkylation sites (N-methyl/N-ethyl adjacent to an activating group) is 1. The van der Waals surface area contributed by atoms with Gasteiger partial charge < -0.3 is 15.5 Å². The van der Waals surface area contributed by atoms with Crippen LogP contribution in [-0.4, -0.2) is 44.5 Å². The highest BCUT2D eigenvalue weighted by atomic mass is 32.1. The maximum absolute atomic E-state index is 12.1. The van der Waals surface area contributed by atoms with E-state index in [9.17, 15) is 4.79 Å². The average Bonchev–Trinajstić information content (AvgIpc) is 2.93. The Morgan fingerprint density at radius 1 is 1.63 bits per heavy atom. The number of hydrogen-bond donors (Lipinski definition) is 2. The lowest BCUT2D eigenvalue weighted by Gasteiger charge is -2.26. The predicted molar refractivity (Wildman–Crippen MR) is 79.4 cm³/mol. The number of nitrogens with zero attached hydrogens (tertiary/aromatic N) is 1. The number of carbonyl (C=O) groups is 1. The van der Waals surface area contributed by atoms with Gasteiger partial charge in [-0.15, -0.1) is 11.3 Å². The number of amides is 1. The van der Waals surface area contributed by atoms with Gasteiger partial charge in [0.25, 0.3) is 0 Å². The van der Waals surface area contributed by atoms with Crippen LogP contribution in [0.2, 0.25) is 0 Å². The van der Waals surface area contributed by atoms with Gasteiger partial charge in [0.05, 0.1) is 12.0 Å². The Hall–Kier alpha value is -0.910. The molecule has 2 N–H and O–H groups in total. The highest BCUT2D eigenvalue weighted by Crippen LogP contribution is 2.22. The van der Waals surface area contributed by atoms with E-state index in [2.05, 4.69) is 47.1 Å². The van der Waals surface area contributed by atoms with E-state index in [1.807, 2.05) is 0 Å². The molecule has 1 aliphatic heterocycles. The van der Waals surface area contributed by atoms with Crippen molar-refractivity contribution >= 4 is 17.2 Å². The summed E-state index contributed by atoms with van der Waals surface area (Å²) in [6, 6.07) is 4.45. The monoisotopic (exact) mass is 281 g/mol. The first-order valence-corrected chi connectivity index (χ1v) is 7.74. The molecule has 0 aromatic carbocycles. The van der Waals surface area contributed by atoms with Crippen molar-refractivity contribution in [2.24, 2.45) is 5.92 Å². The largest absolute Gasteiger partial charge is 0.354 e. The summed E-state index contributed by atoms with van der Waals surface area (Å²) in [6.07, 6.45) is 2.10. The number of carbonyl (C=O) groups excluding carboxylic acids is 1. The normalized spacial score (nSPS) is 21.3. The highest BCUT2D eigenvalue weighted by molar-refractivity contribution is 7.10. The molecule has 2 heterocycles. The smallest absolute Gasteiger partial charge is 0.224 e. The van der Waals surface area contributed by atoms with E-state index >= 15 is 0 Å². The molecule has 1 fully saturated rings. The Morgan fingerprint density at radius 3 is 3.05 bits per heavy atom. The third-order valence-corrected chi connectivity index (χ3v) is 4.61. The molecule has 0 bridgehead atoms. The second kappa shape index (κ2) is 7.03. The molecule has 1 aliphatic rings. The van der Waals surface area contributed by atoms with Crippen molar-refractivity contribution in [2.45, 2.75) is 18.9 Å². The number of piperidine rings is 1. The summed E-state index contributed by atoms with van der Waals surface area (Å²) in [6.45, 7) is 2.54. The third kappa shape index (κ3) is 4.03. The fourth-order valence-corrected chi connectivity index (χ4v) is 3.36. The first-order chi connectivity index (χ1) is 9.18. The molecule has 0 radical (unpaired) electrons. The zero-order valence-corrected chi connectivity index (χ0v) is 12.5. The molecule has 1 saturated heterocycles. The Bertz CT molecular complexity index is 385. The molecule has 2 atom stereocenters. The average molecular weight is 281 g/mol. The fraction of sp³-hybridized carbons (Fsp3) is 0.643. The number of rotatable bonds is 5. The maximum Gasteiger partial charge on any atom is 0.224 e. The van der Waals surface area contributed by atoms with Gasteiger partial charge in [-0.1, -0.05) is 6.07 Å². The van der Waals surface area contributed by atoms with E-state index in [-0.39, 0.29) is 17.9 Å². The molecule has 1 aromatic heterocycles. The minimum absolute atomic E-state index is 0.139. The molecule has 1 aromatic rings. The minimum atomic E-state index is 0.139. The lowest BCUT2D eigenvalue weighted by Crippen LogP contribution is -2.43. The number of nitrogens with one attached hydrogen (secondary N) is 2. The van der Waals surface area contributed by atoms with Crippen LogP contribution in [0.5, 0.6) is 0 Å². The number of hydrogen-bond acceptors (Lipinski definition) is 4. The Morgan fingerprint density at radius 2 is 2.47 bits per heavy atom. The summed E-state index contributed by atoms with van der Waals surface area (Å²) < 4.78 is 0. The van der Waals surface area contributed by atoms with Crippen LogP contribution in [0.1, 0.15) is 23.8 Å². The summed E-state index contributed by atoms with van der Waals surface area (Å²) in [5.41, 5.74) is 0. The molecular formula is C14H23N3OS. The Labute approximate surface area is 119 Å². The molecule has 5 heteroatoms. The van der Waals surface area contributed by atoms with E-state index in [1.165, 1.54) is 4.88 Å². The van der Waals surface area contributed by atoms with Crippen LogP contribution in [-0.2, 0) is 4.79 Å². The lowest BCUT2D eigenvalue weighted by molar-refractivity contribution is -0.125. The van der Waals surface area contributed by atoms with Crippen molar-refractivity contribution in [3.8, 4) is 0 Å². The van der Waals surface area contributed by atoms with Crippen molar-refractivity contribution in [3.63, 3.8) is 0 Å². The van der Waals surface area contributed by atoms with E-state index in [0.29, 0.717) is 6.54 Å². The SMILES string of the molecule is CN(C)C(CNC(=O)[C@H]1CCCNC1)c1cccs1. The zero-order valence-electron chi connectivity index (χ0n) is 11.7. The van der Waals surface area contributed by atoms with Crippen molar-refractivity contribution < 1.29 is 4.79 Å². The quantitative estimate of drug-likeness (QED) is 0.859. The van der Waals surface area contributed by atoms with Gasteiger partial charge in [0.15, 0.2) is 0 Å². The van der Waals surface area contributed by atoms with Gasteiger partial charge in [0.2, 0.25) is 5.91 Å². The van der Waals surface area contributed by atoms with Crippen LogP contribution in [0, 0.1) is 5.92 Å². The first kappa shape index (κ1) is 14.5. The fourth-order valence-electron chi connectivity index (χ4n) is 2.44. The molecule has 4 nitrogen and oxygen atoms in total. The van der Waals surface area contributed by atoms with E-state index in [1.54, 1.807) is 11.3 Å². The van der Waals surface area contributed by atoms with Crippen LogP contribution >= 0.6 is 11.3 Å². The summed E-state index contributed by atoms with van der Waals surface area (Å²) in [5, 5.41) is 8.47. The van der Waals surface area contributed by atoms with Gasteiger partial charge in [-0.3, -0.25) is 4.79 Å². The standard InChI is InChI=1S/C14H23N3OS/c1-17(2)12(13-6-4-8-19-13)10-16-14(18)11-5-3-7-15-9-11/h4,6,8,11-12,15H,3,5,7,9-10H2,1-2H3,(H,16,18)/t11-,12?/m0/s1. The third-order valence-electron chi connectivity index (χ3n) is 3.63. The second-order valence-electron chi connectivity index (χ2n) is 5.28.